The number of ether oxygens (including phenoxy) is 2. The molecule has 5 amide bonds. The molecule has 21 heteroatoms. The average molecular weight is 1230 g/mol. The SMILES string of the molecule is CCOc1cc(OC)ccc1CNCC(=O)N1CCCC(c2cccc(C(=O)N[C@@H](C(=O)N3CCN(CC4CCN(CC(=O)NCCNC[C@@H](C(=O)N5CCN(c6ncnc7c6[C@H](C)C[C@H]7O)CC5)c5ccc(Cl)cc5)CC4)CC3)C3CCCCC3)c2)C1. The number of hydrogen-bond donors (Lipinski definition) is 5. The van der Waals surface area contributed by atoms with E-state index >= 15 is 0 Å². The molecule has 6 aliphatic rings. The minimum Gasteiger partial charge on any atom is -0.497 e. The van der Waals surface area contributed by atoms with Crippen LogP contribution in [0.15, 0.2) is 73.1 Å². The number of likely N-dealkylation sites (tertiary alicyclic amines) is 2. The van der Waals surface area contributed by atoms with Gasteiger partial charge in [0.2, 0.25) is 23.6 Å². The number of halogens is 1. The normalized spacial score (nSPS) is 21.4. The molecule has 0 bridgehead atoms. The third kappa shape index (κ3) is 16.7. The van der Waals surface area contributed by atoms with Gasteiger partial charge in [0.15, 0.2) is 0 Å². The first-order valence-corrected chi connectivity index (χ1v) is 32.9. The number of aromatic nitrogens is 2. The Bertz CT molecular complexity index is 2980. The van der Waals surface area contributed by atoms with Crippen molar-refractivity contribution in [2.45, 2.75) is 114 Å². The summed E-state index contributed by atoms with van der Waals surface area (Å²) >= 11 is 6.26. The van der Waals surface area contributed by atoms with E-state index in [1.165, 1.54) is 6.33 Å². The van der Waals surface area contributed by atoms with E-state index in [1.54, 1.807) is 7.11 Å². The number of piperidine rings is 2. The molecule has 4 aliphatic heterocycles. The molecule has 4 saturated heterocycles. The number of carbonyl (C=O) groups is 5. The second kappa shape index (κ2) is 31.4. The fourth-order valence-electron chi connectivity index (χ4n) is 14.2. The highest BCUT2D eigenvalue weighted by molar-refractivity contribution is 6.30. The molecule has 3 aromatic carbocycles. The number of piperazine rings is 2. The largest absolute Gasteiger partial charge is 0.497 e. The summed E-state index contributed by atoms with van der Waals surface area (Å²) in [4.78, 5) is 91.4. The summed E-state index contributed by atoms with van der Waals surface area (Å²) in [5.74, 6) is 2.61. The smallest absolute Gasteiger partial charge is 0.251 e. The Morgan fingerprint density at radius 2 is 1.51 bits per heavy atom. The molecule has 10 rings (SSSR count). The summed E-state index contributed by atoms with van der Waals surface area (Å²) in [6, 6.07) is 20.4. The maximum absolute atomic E-state index is 14.5. The zero-order chi connectivity index (χ0) is 61.5. The lowest BCUT2D eigenvalue weighted by atomic mass is 9.83. The first kappa shape index (κ1) is 64.6. The van der Waals surface area contributed by atoms with Crippen LogP contribution in [0.5, 0.6) is 11.5 Å². The lowest BCUT2D eigenvalue weighted by Gasteiger charge is -2.40. The average Bonchev–Trinajstić information content (AvgIpc) is 2.28. The topological polar surface area (TPSA) is 217 Å². The number of nitrogens with one attached hydrogen (secondary N) is 4. The number of fused-ring (bicyclic) bond motifs is 1. The van der Waals surface area contributed by atoms with Crippen LogP contribution in [0.4, 0.5) is 5.82 Å². The number of nitrogens with zero attached hydrogens (tertiary/aromatic N) is 8. The maximum Gasteiger partial charge on any atom is 0.251 e. The molecule has 88 heavy (non-hydrogen) atoms. The molecule has 0 radical (unpaired) electrons. The van der Waals surface area contributed by atoms with Crippen molar-refractivity contribution in [3.8, 4) is 11.5 Å². The molecule has 1 aromatic heterocycles. The molecule has 4 aromatic rings. The van der Waals surface area contributed by atoms with Crippen molar-refractivity contribution in [2.24, 2.45) is 11.8 Å². The standard InChI is InChI=1S/C67H93ClN12O8/c1-4-88-58-38-55(87-3)20-17-52(58)39-70-41-60(83)80-25-9-14-53(43-80)50-12-8-13-51(37-50)65(84)74-62(49-10-6-5-7-11-49)67(86)79-30-28-76(29-31-79)42-47-21-26-75(27-22-47)44-59(82)71-24-23-69-40-56(48-15-18-54(68)19-16-48)66(85)78-34-32-77(33-35-78)64-61-46(2)36-57(81)63(61)72-45-73-64/h8,12-13,15-20,37-38,45-47,49,53,56-57,62,69-70,81H,4-7,9-11,14,21-36,39-44H2,1-3H3,(H,71,82)(H,74,84)/t46-,53?,56-,57-,62-/m1/s1. The molecule has 5 N–H and O–H groups in total. The number of anilines is 1. The molecular formula is C67H93ClN12O8. The number of benzene rings is 3. The van der Waals surface area contributed by atoms with Gasteiger partial charge in [0.25, 0.3) is 5.91 Å². The van der Waals surface area contributed by atoms with Crippen molar-refractivity contribution in [3.05, 3.63) is 112 Å². The molecule has 5 fully saturated rings. The van der Waals surface area contributed by atoms with Crippen LogP contribution in [-0.2, 0) is 25.7 Å². The Hall–Kier alpha value is -6.42. The summed E-state index contributed by atoms with van der Waals surface area (Å²) in [5.41, 5.74) is 5.14. The Morgan fingerprint density at radius 1 is 0.761 bits per heavy atom. The predicted octanol–water partition coefficient (Wildman–Crippen LogP) is 5.95. The van der Waals surface area contributed by atoms with Gasteiger partial charge < -0.3 is 55.4 Å². The van der Waals surface area contributed by atoms with E-state index in [0.717, 1.165) is 130 Å². The van der Waals surface area contributed by atoms with Crippen LogP contribution in [0.3, 0.4) is 0 Å². The van der Waals surface area contributed by atoms with Gasteiger partial charge in [-0.2, -0.15) is 0 Å². The molecule has 1 saturated carbocycles. The lowest BCUT2D eigenvalue weighted by Crippen LogP contribution is -2.57. The van der Waals surface area contributed by atoms with Gasteiger partial charge in [0.05, 0.1) is 44.5 Å². The van der Waals surface area contributed by atoms with Crippen LogP contribution >= 0.6 is 11.6 Å². The van der Waals surface area contributed by atoms with Gasteiger partial charge in [-0.05, 0) is 124 Å². The third-order valence-electron chi connectivity index (χ3n) is 19.2. The minimum atomic E-state index is -0.583. The van der Waals surface area contributed by atoms with Crippen molar-refractivity contribution in [3.63, 3.8) is 0 Å². The van der Waals surface area contributed by atoms with Crippen LogP contribution in [0.2, 0.25) is 5.02 Å². The van der Waals surface area contributed by atoms with E-state index in [9.17, 15) is 29.1 Å². The Kier molecular flexibility index (Phi) is 23.0. The van der Waals surface area contributed by atoms with Gasteiger partial charge in [-0.25, -0.2) is 9.97 Å². The highest BCUT2D eigenvalue weighted by Crippen LogP contribution is 2.43. The van der Waals surface area contributed by atoms with Gasteiger partial charge >= 0.3 is 0 Å². The van der Waals surface area contributed by atoms with Gasteiger partial charge in [-0.15, -0.1) is 0 Å². The van der Waals surface area contributed by atoms with Crippen LogP contribution in [0.25, 0.3) is 0 Å². The van der Waals surface area contributed by atoms with Crippen molar-refractivity contribution >= 4 is 47.0 Å². The highest BCUT2D eigenvalue weighted by atomic mass is 35.5. The van der Waals surface area contributed by atoms with Crippen molar-refractivity contribution in [2.75, 3.05) is 136 Å². The van der Waals surface area contributed by atoms with Crippen LogP contribution in [0.1, 0.15) is 140 Å². The Labute approximate surface area is 524 Å². The fourth-order valence-corrected chi connectivity index (χ4v) is 14.3. The van der Waals surface area contributed by atoms with Crippen LogP contribution in [0, 0.1) is 11.8 Å². The third-order valence-corrected chi connectivity index (χ3v) is 19.5. The molecule has 0 spiro atoms. The van der Waals surface area contributed by atoms with E-state index in [2.05, 4.69) is 58.9 Å². The van der Waals surface area contributed by atoms with E-state index < -0.39 is 18.1 Å². The zero-order valence-corrected chi connectivity index (χ0v) is 52.7. The summed E-state index contributed by atoms with van der Waals surface area (Å²) in [6.07, 6.45) is 10.5. The van der Waals surface area contributed by atoms with Gasteiger partial charge in [-0.1, -0.05) is 68.1 Å². The number of amides is 5. The van der Waals surface area contributed by atoms with Gasteiger partial charge in [0.1, 0.15) is 29.7 Å². The predicted molar refractivity (Wildman–Crippen MR) is 340 cm³/mol. The molecule has 476 valence electrons. The lowest BCUT2D eigenvalue weighted by molar-refractivity contribution is -0.137. The van der Waals surface area contributed by atoms with E-state index in [0.29, 0.717) is 120 Å². The monoisotopic (exact) mass is 1230 g/mol. The molecular weight excluding hydrogens is 1140 g/mol. The van der Waals surface area contributed by atoms with Crippen molar-refractivity contribution in [1.29, 1.82) is 0 Å². The number of carbonyl (C=O) groups excluding carboxylic acids is 5. The first-order chi connectivity index (χ1) is 42.8. The second-order valence-corrected chi connectivity index (χ2v) is 25.6. The molecule has 5 heterocycles. The van der Waals surface area contributed by atoms with Crippen LogP contribution in [-0.4, -0.2) is 207 Å². The highest BCUT2D eigenvalue weighted by Gasteiger charge is 2.38. The summed E-state index contributed by atoms with van der Waals surface area (Å²) in [7, 11) is 1.63. The van der Waals surface area contributed by atoms with Crippen LogP contribution < -0.4 is 35.6 Å². The first-order valence-electron chi connectivity index (χ1n) is 32.5. The fraction of sp³-hybridized carbons (Fsp3) is 0.597. The summed E-state index contributed by atoms with van der Waals surface area (Å²) < 4.78 is 11.2. The van der Waals surface area contributed by atoms with Crippen molar-refractivity contribution in [1.82, 2.24) is 55.7 Å². The number of aliphatic hydroxyl groups is 1. The Balaban J connectivity index is 0.629. The summed E-state index contributed by atoms with van der Waals surface area (Å²) in [5, 5.41) is 24.3. The van der Waals surface area contributed by atoms with E-state index in [-0.39, 0.29) is 53.8 Å². The number of aliphatic hydroxyl groups excluding tert-OH is 1. The van der Waals surface area contributed by atoms with E-state index in [4.69, 9.17) is 21.1 Å². The Morgan fingerprint density at radius 3 is 2.26 bits per heavy atom. The maximum atomic E-state index is 14.5. The molecule has 1 unspecified atom stereocenters. The zero-order valence-electron chi connectivity index (χ0n) is 51.9. The number of methoxy groups -OCH3 is 1. The molecule has 20 nitrogen and oxygen atoms in total. The number of hydrogen-bond acceptors (Lipinski definition) is 15. The minimum absolute atomic E-state index is 0.0107. The van der Waals surface area contributed by atoms with Crippen molar-refractivity contribution < 1.29 is 38.6 Å². The number of rotatable bonds is 24. The second-order valence-electron chi connectivity index (χ2n) is 25.1. The van der Waals surface area contributed by atoms with Gasteiger partial charge in [-0.3, -0.25) is 33.8 Å². The van der Waals surface area contributed by atoms with Gasteiger partial charge in [0, 0.05) is 132 Å². The quantitative estimate of drug-likeness (QED) is 0.0513. The molecule has 2 aliphatic carbocycles. The molecule has 5 atom stereocenters. The van der Waals surface area contributed by atoms with E-state index in [1.807, 2.05) is 82.3 Å². The summed E-state index contributed by atoms with van der Waals surface area (Å²) in [6.45, 7) is 16.1.